The van der Waals surface area contributed by atoms with Gasteiger partial charge in [0.15, 0.2) is 0 Å². The largest absolute Gasteiger partial charge is 0.480 e. The first-order valence-corrected chi connectivity index (χ1v) is 13.9. The number of amides is 2. The van der Waals surface area contributed by atoms with Gasteiger partial charge in [-0.2, -0.15) is 0 Å². The van der Waals surface area contributed by atoms with E-state index in [-0.39, 0.29) is 19.3 Å². The minimum Gasteiger partial charge on any atom is -0.480 e. The monoisotopic (exact) mass is 585 g/mol. The third-order valence-electron chi connectivity index (χ3n) is 5.61. The molecule has 2 heterocycles. The van der Waals surface area contributed by atoms with Gasteiger partial charge in [0.1, 0.15) is 23.3 Å². The summed E-state index contributed by atoms with van der Waals surface area (Å²) in [5.74, 6) is -2.52. The normalized spacial score (nSPS) is 13.1. The molecule has 0 spiro atoms. The van der Waals surface area contributed by atoms with E-state index in [1.54, 1.807) is 53.9 Å². The molecule has 0 radical (unpaired) electrons. The topological polar surface area (TPSA) is 160 Å². The summed E-state index contributed by atoms with van der Waals surface area (Å²) in [7, 11) is 0. The Kier molecular flexibility index (Phi) is 12.9. The highest BCUT2D eigenvalue weighted by molar-refractivity contribution is 5.87. The van der Waals surface area contributed by atoms with Crippen molar-refractivity contribution in [2.45, 2.75) is 97.2 Å². The quantitative estimate of drug-likeness (QED) is 0.280. The molecule has 0 bridgehead atoms. The maximum atomic E-state index is 12.9. The Hall–Kier alpha value is -4.06. The van der Waals surface area contributed by atoms with Gasteiger partial charge in [0, 0.05) is 38.4 Å². The van der Waals surface area contributed by atoms with Crippen LogP contribution in [0.4, 0.5) is 4.79 Å². The predicted molar refractivity (Wildman–Crippen MR) is 155 cm³/mol. The SMILES string of the molecule is CC(C)(C)OC(=O)CCC(NC(=O)NC(CCN(Cc1ccccn1)Cc1ccccn1)C(=O)O)C(=O)OC(C)(C)C. The van der Waals surface area contributed by atoms with E-state index in [4.69, 9.17) is 9.47 Å². The molecule has 2 unspecified atom stereocenters. The van der Waals surface area contributed by atoms with E-state index < -0.39 is 47.2 Å². The van der Waals surface area contributed by atoms with Crippen LogP contribution in [-0.4, -0.2) is 73.7 Å². The van der Waals surface area contributed by atoms with Crippen LogP contribution in [0.5, 0.6) is 0 Å². The zero-order chi connectivity index (χ0) is 31.3. The zero-order valence-corrected chi connectivity index (χ0v) is 25.3. The Morgan fingerprint density at radius 3 is 1.79 bits per heavy atom. The lowest BCUT2D eigenvalue weighted by Crippen LogP contribution is -2.52. The second kappa shape index (κ2) is 15.8. The van der Waals surface area contributed by atoms with Crippen molar-refractivity contribution in [2.75, 3.05) is 6.54 Å². The second-order valence-electron chi connectivity index (χ2n) is 11.9. The van der Waals surface area contributed by atoms with Gasteiger partial charge in [-0.3, -0.25) is 19.7 Å². The van der Waals surface area contributed by atoms with Crippen LogP contribution < -0.4 is 10.6 Å². The van der Waals surface area contributed by atoms with Gasteiger partial charge in [0.2, 0.25) is 0 Å². The fraction of sp³-hybridized carbons (Fsp3) is 0.533. The lowest BCUT2D eigenvalue weighted by molar-refractivity contribution is -0.158. The van der Waals surface area contributed by atoms with E-state index in [0.717, 1.165) is 11.4 Å². The van der Waals surface area contributed by atoms with Crippen molar-refractivity contribution < 1.29 is 33.8 Å². The molecular weight excluding hydrogens is 542 g/mol. The molecule has 2 aromatic heterocycles. The number of carbonyl (C=O) groups excluding carboxylic acids is 3. The lowest BCUT2D eigenvalue weighted by atomic mass is 10.1. The number of nitrogens with one attached hydrogen (secondary N) is 2. The van der Waals surface area contributed by atoms with Crippen molar-refractivity contribution in [3.63, 3.8) is 0 Å². The van der Waals surface area contributed by atoms with E-state index in [1.165, 1.54) is 0 Å². The Morgan fingerprint density at radius 1 is 0.810 bits per heavy atom. The number of nitrogens with zero attached hydrogens (tertiary/aromatic N) is 3. The van der Waals surface area contributed by atoms with Gasteiger partial charge in [-0.1, -0.05) is 12.1 Å². The number of urea groups is 1. The zero-order valence-electron chi connectivity index (χ0n) is 25.3. The Balaban J connectivity index is 2.08. The molecule has 12 nitrogen and oxygen atoms in total. The van der Waals surface area contributed by atoms with E-state index >= 15 is 0 Å². The Morgan fingerprint density at radius 2 is 1.33 bits per heavy atom. The Bertz CT molecular complexity index is 1120. The van der Waals surface area contributed by atoms with E-state index in [0.29, 0.717) is 19.6 Å². The van der Waals surface area contributed by atoms with Gasteiger partial charge in [0.25, 0.3) is 0 Å². The maximum absolute atomic E-state index is 12.9. The number of rotatable bonds is 14. The minimum absolute atomic E-state index is 0.0669. The van der Waals surface area contributed by atoms with Crippen LogP contribution in [0.25, 0.3) is 0 Å². The summed E-state index contributed by atoms with van der Waals surface area (Å²) in [6, 6.07) is 7.79. The first kappa shape index (κ1) is 34.1. The molecular formula is C30H43N5O7. The number of pyridine rings is 2. The fourth-order valence-corrected chi connectivity index (χ4v) is 3.86. The molecule has 2 amide bonds. The molecule has 0 fully saturated rings. The summed E-state index contributed by atoms with van der Waals surface area (Å²) < 4.78 is 10.7. The minimum atomic E-state index is -1.26. The number of aromatic nitrogens is 2. The summed E-state index contributed by atoms with van der Waals surface area (Å²) in [6.45, 7) is 11.4. The molecule has 2 atom stereocenters. The standard InChI is InChI=1S/C30H43N5O7/c1-29(2,3)41-25(36)14-13-24(27(39)42-30(4,5)6)34-28(40)33-23(26(37)38)15-18-35(19-21-11-7-9-16-31-21)20-22-12-8-10-17-32-22/h7-12,16-17,23-24H,13-15,18-20H2,1-6H3,(H,37,38)(H2,33,34,40). The molecule has 0 aliphatic rings. The van der Waals surface area contributed by atoms with Crippen LogP contribution in [0.3, 0.4) is 0 Å². The summed E-state index contributed by atoms with van der Waals surface area (Å²) in [4.78, 5) is 60.7. The molecule has 0 aliphatic heterocycles. The second-order valence-corrected chi connectivity index (χ2v) is 11.9. The third-order valence-corrected chi connectivity index (χ3v) is 5.61. The molecule has 42 heavy (non-hydrogen) atoms. The summed E-state index contributed by atoms with van der Waals surface area (Å²) in [5, 5.41) is 14.8. The van der Waals surface area contributed by atoms with E-state index in [2.05, 4.69) is 20.6 Å². The molecule has 0 aromatic carbocycles. The summed E-state index contributed by atoms with van der Waals surface area (Å²) in [5.41, 5.74) is 0.0552. The van der Waals surface area contributed by atoms with Crippen molar-refractivity contribution in [1.29, 1.82) is 0 Å². The highest BCUT2D eigenvalue weighted by Gasteiger charge is 2.30. The number of esters is 2. The molecule has 2 aromatic rings. The first-order valence-electron chi connectivity index (χ1n) is 13.9. The average molecular weight is 586 g/mol. The lowest BCUT2D eigenvalue weighted by Gasteiger charge is -2.26. The average Bonchev–Trinajstić information content (AvgIpc) is 2.87. The number of carbonyl (C=O) groups is 4. The van der Waals surface area contributed by atoms with Gasteiger partial charge >= 0.3 is 23.9 Å². The van der Waals surface area contributed by atoms with Crippen LogP contribution in [0.15, 0.2) is 48.8 Å². The molecule has 12 heteroatoms. The Labute approximate surface area is 247 Å². The third kappa shape index (κ3) is 14.0. The van der Waals surface area contributed by atoms with E-state index in [9.17, 15) is 24.3 Å². The number of carboxylic acids is 1. The van der Waals surface area contributed by atoms with Crippen LogP contribution in [0.2, 0.25) is 0 Å². The van der Waals surface area contributed by atoms with Crippen molar-refractivity contribution in [2.24, 2.45) is 0 Å². The smallest absolute Gasteiger partial charge is 0.329 e. The van der Waals surface area contributed by atoms with Crippen LogP contribution in [0.1, 0.15) is 72.2 Å². The highest BCUT2D eigenvalue weighted by Crippen LogP contribution is 2.14. The van der Waals surface area contributed by atoms with Crippen LogP contribution >= 0.6 is 0 Å². The molecule has 2 rings (SSSR count). The van der Waals surface area contributed by atoms with Gasteiger partial charge in [-0.15, -0.1) is 0 Å². The van der Waals surface area contributed by atoms with Gasteiger partial charge in [0.05, 0.1) is 11.4 Å². The maximum Gasteiger partial charge on any atom is 0.329 e. The number of carboxylic acid groups (broad SMARTS) is 1. The predicted octanol–water partition coefficient (Wildman–Crippen LogP) is 3.45. The number of hydrogen-bond acceptors (Lipinski definition) is 9. The highest BCUT2D eigenvalue weighted by atomic mass is 16.6. The van der Waals surface area contributed by atoms with Crippen molar-refractivity contribution in [3.8, 4) is 0 Å². The fourth-order valence-electron chi connectivity index (χ4n) is 3.86. The summed E-state index contributed by atoms with van der Waals surface area (Å²) in [6.07, 6.45) is 3.20. The van der Waals surface area contributed by atoms with Crippen molar-refractivity contribution in [3.05, 3.63) is 60.2 Å². The molecule has 0 saturated carbocycles. The number of hydrogen-bond donors (Lipinski definition) is 3. The summed E-state index contributed by atoms with van der Waals surface area (Å²) >= 11 is 0. The van der Waals surface area contributed by atoms with Crippen LogP contribution in [0, 0.1) is 0 Å². The molecule has 0 saturated heterocycles. The van der Waals surface area contributed by atoms with Crippen molar-refractivity contribution >= 4 is 23.9 Å². The number of ether oxygens (including phenoxy) is 2. The molecule has 3 N–H and O–H groups in total. The van der Waals surface area contributed by atoms with Crippen LogP contribution in [-0.2, 0) is 36.9 Å². The van der Waals surface area contributed by atoms with E-state index in [1.807, 2.05) is 41.3 Å². The van der Waals surface area contributed by atoms with Gasteiger partial charge in [-0.25, -0.2) is 14.4 Å². The molecule has 230 valence electrons. The number of aliphatic carboxylic acids is 1. The van der Waals surface area contributed by atoms with Gasteiger partial charge < -0.3 is 25.2 Å². The molecule has 0 aliphatic carbocycles. The first-order chi connectivity index (χ1) is 19.6. The van der Waals surface area contributed by atoms with Crippen molar-refractivity contribution in [1.82, 2.24) is 25.5 Å². The van der Waals surface area contributed by atoms with Gasteiger partial charge in [-0.05, 0) is 78.6 Å².